The van der Waals surface area contributed by atoms with Crippen molar-refractivity contribution in [2.75, 3.05) is 38.2 Å². The van der Waals surface area contributed by atoms with E-state index in [1.54, 1.807) is 18.9 Å². The Balaban J connectivity index is 1.42. The molecular formula is C24H27N3O3S. The zero-order chi connectivity index (χ0) is 21.6. The Morgan fingerprint density at radius 3 is 2.65 bits per heavy atom. The molecule has 1 saturated heterocycles. The van der Waals surface area contributed by atoms with Crippen LogP contribution < -0.4 is 9.64 Å². The zero-order valence-electron chi connectivity index (χ0n) is 17.9. The van der Waals surface area contributed by atoms with Crippen molar-refractivity contribution in [3.05, 3.63) is 71.6 Å². The van der Waals surface area contributed by atoms with Crippen molar-refractivity contribution >= 4 is 23.4 Å². The van der Waals surface area contributed by atoms with Crippen molar-refractivity contribution in [2.24, 2.45) is 0 Å². The molecule has 1 amide bonds. The lowest BCUT2D eigenvalue weighted by Gasteiger charge is -2.24. The van der Waals surface area contributed by atoms with E-state index < -0.39 is 0 Å². The van der Waals surface area contributed by atoms with Crippen LogP contribution in [0.4, 0.5) is 5.69 Å². The number of aromatic nitrogens is 1. The number of rotatable bonds is 6. The minimum absolute atomic E-state index is 0.0911. The summed E-state index contributed by atoms with van der Waals surface area (Å²) in [5, 5.41) is 3.94. The van der Waals surface area contributed by atoms with Gasteiger partial charge in [0.05, 0.1) is 24.1 Å². The first-order valence-electron chi connectivity index (χ1n) is 10.5. The van der Waals surface area contributed by atoms with E-state index in [0.717, 1.165) is 59.4 Å². The number of hydrogen-bond donors (Lipinski definition) is 0. The van der Waals surface area contributed by atoms with E-state index in [1.807, 2.05) is 54.3 Å². The molecule has 0 N–H and O–H groups in total. The van der Waals surface area contributed by atoms with Gasteiger partial charge in [0, 0.05) is 42.8 Å². The molecular weight excluding hydrogens is 410 g/mol. The number of ether oxygens (including phenoxy) is 1. The van der Waals surface area contributed by atoms with Crippen LogP contribution >= 0.6 is 11.8 Å². The van der Waals surface area contributed by atoms with Crippen molar-refractivity contribution < 1.29 is 14.1 Å². The van der Waals surface area contributed by atoms with Crippen LogP contribution in [0, 0.1) is 6.92 Å². The first-order chi connectivity index (χ1) is 15.1. The molecule has 162 valence electrons. The molecule has 1 aromatic heterocycles. The average Bonchev–Trinajstić information content (AvgIpc) is 3.07. The van der Waals surface area contributed by atoms with Gasteiger partial charge in [0.25, 0.3) is 5.91 Å². The number of aryl methyl sites for hydroxylation is 1. The van der Waals surface area contributed by atoms with Crippen LogP contribution in [-0.2, 0) is 5.75 Å². The summed E-state index contributed by atoms with van der Waals surface area (Å²) in [5.74, 6) is 2.41. The van der Waals surface area contributed by atoms with E-state index in [-0.39, 0.29) is 5.91 Å². The van der Waals surface area contributed by atoms with Crippen molar-refractivity contribution in [1.82, 2.24) is 10.1 Å². The number of nitrogens with zero attached hydrogens (tertiary/aromatic N) is 3. The van der Waals surface area contributed by atoms with Gasteiger partial charge in [0.1, 0.15) is 11.5 Å². The van der Waals surface area contributed by atoms with Gasteiger partial charge in [-0.15, -0.1) is 11.8 Å². The van der Waals surface area contributed by atoms with Crippen LogP contribution in [0.25, 0.3) is 0 Å². The molecule has 1 aliphatic heterocycles. The largest absolute Gasteiger partial charge is 0.497 e. The Hall–Kier alpha value is -2.93. The molecule has 0 unspecified atom stereocenters. The summed E-state index contributed by atoms with van der Waals surface area (Å²) in [7, 11) is 1.67. The Kier molecular flexibility index (Phi) is 6.82. The number of carbonyl (C=O) groups excluding carboxylic acids is 1. The van der Waals surface area contributed by atoms with Gasteiger partial charge in [-0.3, -0.25) is 4.79 Å². The van der Waals surface area contributed by atoms with Crippen LogP contribution in [0.1, 0.15) is 28.2 Å². The van der Waals surface area contributed by atoms with Crippen LogP contribution in [0.3, 0.4) is 0 Å². The van der Waals surface area contributed by atoms with E-state index in [2.05, 4.69) is 22.2 Å². The van der Waals surface area contributed by atoms with Gasteiger partial charge in [-0.05, 0) is 49.7 Å². The summed E-state index contributed by atoms with van der Waals surface area (Å²) in [5.41, 5.74) is 2.78. The maximum Gasteiger partial charge on any atom is 0.255 e. The molecule has 7 heteroatoms. The quantitative estimate of drug-likeness (QED) is 0.524. The molecule has 0 atom stereocenters. The fourth-order valence-electron chi connectivity index (χ4n) is 3.74. The standard InChI is InChI=1S/C24H27N3O3S/c1-18-16-21(30-25-18)17-31-23-7-4-3-6-22(23)24(28)27-13-5-12-26(14-15-27)19-8-10-20(29-2)11-9-19/h3-4,6-11,16H,5,12-15,17H2,1-2H3. The Morgan fingerprint density at radius 1 is 1.10 bits per heavy atom. The minimum Gasteiger partial charge on any atom is -0.497 e. The summed E-state index contributed by atoms with van der Waals surface area (Å²) in [6.07, 6.45) is 0.935. The highest BCUT2D eigenvalue weighted by Crippen LogP contribution is 2.28. The molecule has 4 rings (SSSR count). The third-order valence-electron chi connectivity index (χ3n) is 5.38. The third-order valence-corrected chi connectivity index (χ3v) is 6.48. The predicted molar refractivity (Wildman–Crippen MR) is 123 cm³/mol. The highest BCUT2D eigenvalue weighted by atomic mass is 32.2. The number of carbonyl (C=O) groups is 1. The third kappa shape index (κ3) is 5.22. The summed E-state index contributed by atoms with van der Waals surface area (Å²) in [6, 6.07) is 17.9. The Labute approximate surface area is 187 Å². The second-order valence-electron chi connectivity index (χ2n) is 7.55. The van der Waals surface area contributed by atoms with Gasteiger partial charge >= 0.3 is 0 Å². The SMILES string of the molecule is COc1ccc(N2CCCN(C(=O)c3ccccc3SCc3cc(C)no3)CC2)cc1. The lowest BCUT2D eigenvalue weighted by molar-refractivity contribution is 0.0763. The van der Waals surface area contributed by atoms with Crippen molar-refractivity contribution in [2.45, 2.75) is 24.0 Å². The first-order valence-corrected chi connectivity index (χ1v) is 11.4. The molecule has 0 spiro atoms. The number of hydrogen-bond acceptors (Lipinski definition) is 6. The number of methoxy groups -OCH3 is 1. The monoisotopic (exact) mass is 437 g/mol. The number of benzene rings is 2. The van der Waals surface area contributed by atoms with Crippen LogP contribution in [0.15, 0.2) is 64.0 Å². The maximum atomic E-state index is 13.4. The molecule has 6 nitrogen and oxygen atoms in total. The summed E-state index contributed by atoms with van der Waals surface area (Å²) in [6.45, 7) is 5.10. The number of thioether (sulfide) groups is 1. The van der Waals surface area contributed by atoms with Gasteiger partial charge in [-0.2, -0.15) is 0 Å². The summed E-state index contributed by atoms with van der Waals surface area (Å²) >= 11 is 1.61. The van der Waals surface area contributed by atoms with Gasteiger partial charge in [0.15, 0.2) is 0 Å². The lowest BCUT2D eigenvalue weighted by Crippen LogP contribution is -2.35. The van der Waals surface area contributed by atoms with E-state index in [1.165, 1.54) is 0 Å². The lowest BCUT2D eigenvalue weighted by atomic mass is 10.2. The van der Waals surface area contributed by atoms with E-state index in [4.69, 9.17) is 9.26 Å². The molecule has 0 radical (unpaired) electrons. The second kappa shape index (κ2) is 9.92. The van der Waals surface area contributed by atoms with E-state index in [0.29, 0.717) is 12.3 Å². The molecule has 2 aromatic carbocycles. The molecule has 31 heavy (non-hydrogen) atoms. The number of amides is 1. The molecule has 1 aliphatic rings. The van der Waals surface area contributed by atoms with Gasteiger partial charge in [-0.25, -0.2) is 0 Å². The van der Waals surface area contributed by atoms with Crippen molar-refractivity contribution in [3.63, 3.8) is 0 Å². The molecule has 0 bridgehead atoms. The minimum atomic E-state index is 0.0911. The fraction of sp³-hybridized carbons (Fsp3) is 0.333. The van der Waals surface area contributed by atoms with Crippen molar-refractivity contribution in [1.29, 1.82) is 0 Å². The molecule has 2 heterocycles. The van der Waals surface area contributed by atoms with Crippen LogP contribution in [0.2, 0.25) is 0 Å². The Morgan fingerprint density at radius 2 is 1.90 bits per heavy atom. The molecule has 0 aliphatic carbocycles. The van der Waals surface area contributed by atoms with Crippen LogP contribution in [-0.4, -0.2) is 49.3 Å². The molecule has 1 fully saturated rings. The number of anilines is 1. The van der Waals surface area contributed by atoms with Gasteiger partial charge in [-0.1, -0.05) is 17.3 Å². The van der Waals surface area contributed by atoms with Crippen LogP contribution in [0.5, 0.6) is 5.75 Å². The molecule has 3 aromatic rings. The maximum absolute atomic E-state index is 13.4. The predicted octanol–water partition coefficient (Wildman–Crippen LogP) is 4.64. The van der Waals surface area contributed by atoms with Crippen molar-refractivity contribution in [3.8, 4) is 5.75 Å². The smallest absolute Gasteiger partial charge is 0.255 e. The topological polar surface area (TPSA) is 58.8 Å². The summed E-state index contributed by atoms with van der Waals surface area (Å²) in [4.78, 5) is 18.6. The normalized spacial score (nSPS) is 14.4. The van der Waals surface area contributed by atoms with E-state index in [9.17, 15) is 4.79 Å². The zero-order valence-corrected chi connectivity index (χ0v) is 18.7. The molecule has 0 saturated carbocycles. The second-order valence-corrected chi connectivity index (χ2v) is 8.57. The fourth-order valence-corrected chi connectivity index (χ4v) is 4.66. The first kappa shape index (κ1) is 21.3. The van der Waals surface area contributed by atoms with Gasteiger partial charge in [0.2, 0.25) is 0 Å². The van der Waals surface area contributed by atoms with Gasteiger partial charge < -0.3 is 19.1 Å². The highest BCUT2D eigenvalue weighted by Gasteiger charge is 2.22. The highest BCUT2D eigenvalue weighted by molar-refractivity contribution is 7.98. The van der Waals surface area contributed by atoms with E-state index >= 15 is 0 Å². The average molecular weight is 438 g/mol. The summed E-state index contributed by atoms with van der Waals surface area (Å²) < 4.78 is 10.6. The Bertz CT molecular complexity index is 1020.